The second-order valence-electron chi connectivity index (χ2n) is 4.92. The van der Waals surface area contributed by atoms with E-state index in [-0.39, 0.29) is 12.1 Å². The highest BCUT2D eigenvalue weighted by Crippen LogP contribution is 2.46. The Balaban J connectivity index is 1.97. The zero-order chi connectivity index (χ0) is 10.1. The van der Waals surface area contributed by atoms with Crippen molar-refractivity contribution in [2.24, 2.45) is 17.8 Å². The smallest absolute Gasteiger partial charge is 0.306 e. The van der Waals surface area contributed by atoms with E-state index >= 15 is 0 Å². The third-order valence-corrected chi connectivity index (χ3v) is 3.94. The molecule has 1 saturated carbocycles. The second-order valence-corrected chi connectivity index (χ2v) is 4.92. The molecule has 0 aromatic heterocycles. The molecule has 2 nitrogen and oxygen atoms in total. The van der Waals surface area contributed by atoms with Crippen molar-refractivity contribution in [3.05, 3.63) is 0 Å². The Bertz CT molecular complexity index is 224. The lowest BCUT2D eigenvalue weighted by Crippen LogP contribution is -2.15. The quantitative estimate of drug-likeness (QED) is 0.649. The first kappa shape index (κ1) is 10.0. The van der Waals surface area contributed by atoms with Crippen molar-refractivity contribution in [1.29, 1.82) is 0 Å². The molecular formula is C12H20O2. The molecular weight excluding hydrogens is 176 g/mol. The number of hydrogen-bond donors (Lipinski definition) is 0. The fourth-order valence-electron chi connectivity index (χ4n) is 3.18. The van der Waals surface area contributed by atoms with Crippen molar-refractivity contribution in [1.82, 2.24) is 0 Å². The highest BCUT2D eigenvalue weighted by Gasteiger charge is 2.47. The number of hydrogen-bond acceptors (Lipinski definition) is 2. The van der Waals surface area contributed by atoms with Crippen LogP contribution in [0.2, 0.25) is 0 Å². The largest absolute Gasteiger partial charge is 0.462 e. The van der Waals surface area contributed by atoms with Crippen molar-refractivity contribution in [2.45, 2.75) is 52.1 Å². The van der Waals surface area contributed by atoms with E-state index in [1.54, 1.807) is 0 Å². The van der Waals surface area contributed by atoms with Crippen LogP contribution >= 0.6 is 0 Å². The van der Waals surface area contributed by atoms with Gasteiger partial charge in [0.05, 0.1) is 6.42 Å². The highest BCUT2D eigenvalue weighted by atomic mass is 16.6. The van der Waals surface area contributed by atoms with Crippen LogP contribution in [0.1, 0.15) is 46.0 Å². The predicted molar refractivity (Wildman–Crippen MR) is 54.8 cm³/mol. The van der Waals surface area contributed by atoms with Gasteiger partial charge in [0.25, 0.3) is 0 Å². The first-order valence-electron chi connectivity index (χ1n) is 5.91. The highest BCUT2D eigenvalue weighted by molar-refractivity contribution is 5.72. The van der Waals surface area contributed by atoms with Crippen LogP contribution in [-0.4, -0.2) is 12.1 Å². The van der Waals surface area contributed by atoms with Gasteiger partial charge in [0.1, 0.15) is 6.10 Å². The standard InChI is InChI=1S/C12H20O2/c1-3-4-5-9-8(2)6-11-10(9)7-12(13)14-11/h8-11H,3-7H2,1-2H3/t8-,9+,10-,11+/m1/s1. The number of esters is 1. The van der Waals surface area contributed by atoms with Crippen LogP contribution < -0.4 is 0 Å². The maximum absolute atomic E-state index is 11.2. The molecule has 2 heteroatoms. The van der Waals surface area contributed by atoms with Gasteiger partial charge in [-0.25, -0.2) is 0 Å². The number of carbonyl (C=O) groups is 1. The maximum Gasteiger partial charge on any atom is 0.306 e. The predicted octanol–water partition coefficient (Wildman–Crippen LogP) is 2.76. The van der Waals surface area contributed by atoms with E-state index in [9.17, 15) is 4.79 Å². The van der Waals surface area contributed by atoms with Crippen molar-refractivity contribution in [2.75, 3.05) is 0 Å². The van der Waals surface area contributed by atoms with Crippen LogP contribution in [0.5, 0.6) is 0 Å². The van der Waals surface area contributed by atoms with E-state index in [1.165, 1.54) is 19.3 Å². The number of carbonyl (C=O) groups excluding carboxylic acids is 1. The van der Waals surface area contributed by atoms with Gasteiger partial charge in [0.15, 0.2) is 0 Å². The molecule has 0 amide bonds. The minimum absolute atomic E-state index is 0.0356. The molecule has 0 aromatic rings. The van der Waals surface area contributed by atoms with E-state index < -0.39 is 0 Å². The zero-order valence-corrected chi connectivity index (χ0v) is 9.16. The number of fused-ring (bicyclic) bond motifs is 1. The number of rotatable bonds is 3. The molecule has 1 aliphatic heterocycles. The Morgan fingerprint density at radius 2 is 2.29 bits per heavy atom. The summed E-state index contributed by atoms with van der Waals surface area (Å²) in [5.41, 5.74) is 0. The SMILES string of the molecule is CCCC[C@@H]1[C@H]2CC(=O)O[C@H]2C[C@H]1C. The molecule has 0 unspecified atom stereocenters. The van der Waals surface area contributed by atoms with E-state index in [1.807, 2.05) is 0 Å². The minimum atomic E-state index is 0.0356. The summed E-state index contributed by atoms with van der Waals surface area (Å²) in [6.45, 7) is 4.54. The van der Waals surface area contributed by atoms with Gasteiger partial charge in [-0.2, -0.15) is 0 Å². The molecule has 2 aliphatic rings. The average Bonchev–Trinajstić information content (AvgIpc) is 2.58. The summed E-state index contributed by atoms with van der Waals surface area (Å²) in [4.78, 5) is 11.2. The summed E-state index contributed by atoms with van der Waals surface area (Å²) < 4.78 is 5.33. The molecule has 80 valence electrons. The lowest BCUT2D eigenvalue weighted by atomic mass is 9.84. The monoisotopic (exact) mass is 196 g/mol. The van der Waals surface area contributed by atoms with E-state index in [4.69, 9.17) is 4.74 Å². The Hall–Kier alpha value is -0.530. The fraction of sp³-hybridized carbons (Fsp3) is 0.917. The van der Waals surface area contributed by atoms with Gasteiger partial charge in [-0.1, -0.05) is 26.7 Å². The molecule has 0 bridgehead atoms. The second kappa shape index (κ2) is 3.92. The van der Waals surface area contributed by atoms with Crippen molar-refractivity contribution in [3.8, 4) is 0 Å². The number of ether oxygens (including phenoxy) is 1. The van der Waals surface area contributed by atoms with E-state index in [0.29, 0.717) is 12.3 Å². The molecule has 4 atom stereocenters. The molecule has 0 N–H and O–H groups in total. The van der Waals surface area contributed by atoms with Crippen LogP contribution in [0.4, 0.5) is 0 Å². The molecule has 2 rings (SSSR count). The van der Waals surface area contributed by atoms with Gasteiger partial charge in [-0.3, -0.25) is 4.79 Å². The maximum atomic E-state index is 11.2. The molecule has 2 fully saturated rings. The normalized spacial score (nSPS) is 41.1. The van der Waals surface area contributed by atoms with E-state index in [2.05, 4.69) is 13.8 Å². The van der Waals surface area contributed by atoms with Crippen LogP contribution in [0, 0.1) is 17.8 Å². The summed E-state index contributed by atoms with van der Waals surface area (Å²) in [6, 6.07) is 0. The lowest BCUT2D eigenvalue weighted by Gasteiger charge is -2.19. The van der Waals surface area contributed by atoms with Gasteiger partial charge in [0, 0.05) is 5.92 Å². The average molecular weight is 196 g/mol. The number of unbranched alkanes of at least 4 members (excludes halogenated alkanes) is 1. The molecule has 0 aromatic carbocycles. The Labute approximate surface area is 86.0 Å². The fourth-order valence-corrected chi connectivity index (χ4v) is 3.18. The summed E-state index contributed by atoms with van der Waals surface area (Å²) >= 11 is 0. The van der Waals surface area contributed by atoms with Crippen LogP contribution in [0.3, 0.4) is 0 Å². The minimum Gasteiger partial charge on any atom is -0.462 e. The summed E-state index contributed by atoms with van der Waals surface area (Å²) in [5.74, 6) is 2.08. The van der Waals surface area contributed by atoms with Crippen LogP contribution in [-0.2, 0) is 9.53 Å². The molecule has 14 heavy (non-hydrogen) atoms. The van der Waals surface area contributed by atoms with Crippen molar-refractivity contribution >= 4 is 5.97 Å². The third-order valence-electron chi connectivity index (χ3n) is 3.94. The van der Waals surface area contributed by atoms with E-state index in [0.717, 1.165) is 18.3 Å². The zero-order valence-electron chi connectivity index (χ0n) is 9.16. The summed E-state index contributed by atoms with van der Waals surface area (Å²) in [6.07, 6.45) is 5.89. The molecule has 0 spiro atoms. The molecule has 0 radical (unpaired) electrons. The Morgan fingerprint density at radius 3 is 3.00 bits per heavy atom. The van der Waals surface area contributed by atoms with Crippen LogP contribution in [0.25, 0.3) is 0 Å². The Kier molecular flexibility index (Phi) is 2.80. The van der Waals surface area contributed by atoms with Gasteiger partial charge in [-0.05, 0) is 24.7 Å². The van der Waals surface area contributed by atoms with Gasteiger partial charge < -0.3 is 4.74 Å². The molecule has 1 aliphatic carbocycles. The van der Waals surface area contributed by atoms with Crippen molar-refractivity contribution in [3.63, 3.8) is 0 Å². The first-order valence-corrected chi connectivity index (χ1v) is 5.91. The van der Waals surface area contributed by atoms with Gasteiger partial charge in [0.2, 0.25) is 0 Å². The first-order chi connectivity index (χ1) is 6.72. The molecule has 1 saturated heterocycles. The molecule has 1 heterocycles. The van der Waals surface area contributed by atoms with Gasteiger partial charge in [-0.15, -0.1) is 0 Å². The topological polar surface area (TPSA) is 26.3 Å². The van der Waals surface area contributed by atoms with Gasteiger partial charge >= 0.3 is 5.97 Å². The summed E-state index contributed by atoms with van der Waals surface area (Å²) in [7, 11) is 0. The van der Waals surface area contributed by atoms with Crippen molar-refractivity contribution < 1.29 is 9.53 Å². The lowest BCUT2D eigenvalue weighted by molar-refractivity contribution is -0.141. The summed E-state index contributed by atoms with van der Waals surface area (Å²) in [5, 5.41) is 0. The third kappa shape index (κ3) is 1.67. The van der Waals surface area contributed by atoms with Crippen LogP contribution in [0.15, 0.2) is 0 Å². The Morgan fingerprint density at radius 1 is 1.50 bits per heavy atom.